The molecule has 1 aliphatic rings. The Kier molecular flexibility index (Phi) is 5.92. The average Bonchev–Trinajstić information content (AvgIpc) is 2.38. The summed E-state index contributed by atoms with van der Waals surface area (Å²) in [6, 6.07) is 4.28. The van der Waals surface area contributed by atoms with Crippen LogP contribution in [0.25, 0.3) is 0 Å². The van der Waals surface area contributed by atoms with E-state index in [0.717, 1.165) is 37.7 Å². The molecule has 112 valence electrons. The Balaban J connectivity index is 1.90. The third-order valence-electron chi connectivity index (χ3n) is 4.22. The molecule has 0 spiro atoms. The van der Waals surface area contributed by atoms with E-state index >= 15 is 0 Å². The van der Waals surface area contributed by atoms with Gasteiger partial charge in [0.1, 0.15) is 5.82 Å². The highest BCUT2D eigenvalue weighted by Gasteiger charge is 2.22. The molecule has 0 aromatic carbocycles. The second-order valence-electron chi connectivity index (χ2n) is 5.76. The van der Waals surface area contributed by atoms with Crippen LogP contribution in [0.1, 0.15) is 50.8 Å². The van der Waals surface area contributed by atoms with E-state index in [-0.39, 0.29) is 11.9 Å². The summed E-state index contributed by atoms with van der Waals surface area (Å²) in [6.45, 7) is 4.19. The van der Waals surface area contributed by atoms with Crippen molar-refractivity contribution in [1.29, 1.82) is 0 Å². The van der Waals surface area contributed by atoms with E-state index in [1.54, 1.807) is 6.07 Å². The monoisotopic (exact) mass is 279 g/mol. The summed E-state index contributed by atoms with van der Waals surface area (Å²) in [5.74, 6) is -0.269. The second-order valence-corrected chi connectivity index (χ2v) is 5.76. The predicted octanol–water partition coefficient (Wildman–Crippen LogP) is 3.14. The number of pyridine rings is 1. The van der Waals surface area contributed by atoms with E-state index < -0.39 is 0 Å². The molecule has 1 saturated carbocycles. The summed E-state index contributed by atoms with van der Waals surface area (Å²) in [6.07, 6.45) is 7.45. The van der Waals surface area contributed by atoms with Crippen LogP contribution in [0.2, 0.25) is 0 Å². The van der Waals surface area contributed by atoms with Crippen LogP contribution in [0.4, 0.5) is 4.39 Å². The zero-order valence-corrected chi connectivity index (χ0v) is 12.6. The second kappa shape index (κ2) is 7.70. The molecule has 0 aliphatic heterocycles. The van der Waals surface area contributed by atoms with E-state index in [0.29, 0.717) is 0 Å². The Hall–Kier alpha value is -1.00. The van der Waals surface area contributed by atoms with Crippen molar-refractivity contribution >= 4 is 0 Å². The maximum atomic E-state index is 13.0. The van der Waals surface area contributed by atoms with Gasteiger partial charge in [-0.1, -0.05) is 13.3 Å². The number of rotatable bonds is 8. The van der Waals surface area contributed by atoms with Crippen LogP contribution in [0.3, 0.4) is 0 Å². The summed E-state index contributed by atoms with van der Waals surface area (Å²) >= 11 is 0. The molecule has 0 bridgehead atoms. The summed E-state index contributed by atoms with van der Waals surface area (Å²) in [5.41, 5.74) is 0.946. The van der Waals surface area contributed by atoms with Crippen molar-refractivity contribution in [3.8, 4) is 0 Å². The minimum absolute atomic E-state index is 0.220. The highest BCUT2D eigenvalue weighted by atomic mass is 19.1. The van der Waals surface area contributed by atoms with Crippen molar-refractivity contribution in [1.82, 2.24) is 15.2 Å². The average molecular weight is 279 g/mol. The first kappa shape index (κ1) is 15.4. The summed E-state index contributed by atoms with van der Waals surface area (Å²) in [7, 11) is 2.21. The molecule has 1 heterocycles. The van der Waals surface area contributed by atoms with Gasteiger partial charge >= 0.3 is 0 Å². The van der Waals surface area contributed by atoms with Gasteiger partial charge in [-0.15, -0.1) is 0 Å². The Morgan fingerprint density at radius 2 is 2.25 bits per heavy atom. The molecule has 1 unspecified atom stereocenters. The van der Waals surface area contributed by atoms with Crippen molar-refractivity contribution in [2.75, 3.05) is 20.1 Å². The standard InChI is InChI=1S/C16H26FN3/c1-3-10-18-16(15-8-7-13(17)12-19-15)9-11-20(2)14-5-4-6-14/h7-8,12,14,16,18H,3-6,9-11H2,1-2H3. The fourth-order valence-corrected chi connectivity index (χ4v) is 2.61. The van der Waals surface area contributed by atoms with Crippen molar-refractivity contribution in [3.05, 3.63) is 29.8 Å². The van der Waals surface area contributed by atoms with Crippen molar-refractivity contribution in [3.63, 3.8) is 0 Å². The van der Waals surface area contributed by atoms with Gasteiger partial charge in [-0.2, -0.15) is 0 Å². The lowest BCUT2D eigenvalue weighted by Crippen LogP contribution is -2.39. The Morgan fingerprint density at radius 1 is 1.45 bits per heavy atom. The largest absolute Gasteiger partial charge is 0.309 e. The lowest BCUT2D eigenvalue weighted by molar-refractivity contribution is 0.153. The number of hydrogen-bond donors (Lipinski definition) is 1. The molecule has 1 fully saturated rings. The molecule has 0 saturated heterocycles. The van der Waals surface area contributed by atoms with Crippen LogP contribution in [0, 0.1) is 5.82 Å². The van der Waals surface area contributed by atoms with E-state index in [9.17, 15) is 4.39 Å². The Labute approximate surface area is 121 Å². The fraction of sp³-hybridized carbons (Fsp3) is 0.688. The van der Waals surface area contributed by atoms with E-state index in [1.165, 1.54) is 31.5 Å². The van der Waals surface area contributed by atoms with Crippen molar-refractivity contribution in [2.24, 2.45) is 0 Å². The molecular formula is C16H26FN3. The molecule has 20 heavy (non-hydrogen) atoms. The van der Waals surface area contributed by atoms with Crippen molar-refractivity contribution < 1.29 is 4.39 Å². The third-order valence-corrected chi connectivity index (χ3v) is 4.22. The maximum Gasteiger partial charge on any atom is 0.141 e. The predicted molar refractivity (Wildman–Crippen MR) is 80.1 cm³/mol. The fourth-order valence-electron chi connectivity index (χ4n) is 2.61. The van der Waals surface area contributed by atoms with Crippen LogP contribution in [-0.4, -0.2) is 36.1 Å². The number of halogens is 1. The molecule has 3 nitrogen and oxygen atoms in total. The smallest absolute Gasteiger partial charge is 0.141 e. The highest BCUT2D eigenvalue weighted by Crippen LogP contribution is 2.24. The molecule has 2 rings (SSSR count). The van der Waals surface area contributed by atoms with Crippen LogP contribution in [0.15, 0.2) is 18.3 Å². The maximum absolute atomic E-state index is 13.0. The van der Waals surface area contributed by atoms with Gasteiger partial charge in [0.25, 0.3) is 0 Å². The molecule has 1 aliphatic carbocycles. The third kappa shape index (κ3) is 4.25. The SMILES string of the molecule is CCCNC(CCN(C)C1CCC1)c1ccc(F)cn1. The Morgan fingerprint density at radius 3 is 2.80 bits per heavy atom. The number of aromatic nitrogens is 1. The molecule has 0 radical (unpaired) electrons. The van der Waals surface area contributed by atoms with Gasteiger partial charge in [0.05, 0.1) is 17.9 Å². The number of hydrogen-bond acceptors (Lipinski definition) is 3. The molecule has 1 N–H and O–H groups in total. The van der Waals surface area contributed by atoms with E-state index in [2.05, 4.69) is 29.2 Å². The lowest BCUT2D eigenvalue weighted by Gasteiger charge is -2.35. The van der Waals surface area contributed by atoms with Gasteiger partial charge in [-0.05, 0) is 58.0 Å². The van der Waals surface area contributed by atoms with Gasteiger partial charge in [0.15, 0.2) is 0 Å². The first-order chi connectivity index (χ1) is 9.70. The van der Waals surface area contributed by atoms with Crippen LogP contribution in [-0.2, 0) is 0 Å². The molecule has 1 aromatic heterocycles. The number of nitrogens with one attached hydrogen (secondary N) is 1. The van der Waals surface area contributed by atoms with Crippen LogP contribution < -0.4 is 5.32 Å². The first-order valence-electron chi connectivity index (χ1n) is 7.75. The van der Waals surface area contributed by atoms with Gasteiger partial charge in [0, 0.05) is 6.04 Å². The minimum atomic E-state index is -0.269. The summed E-state index contributed by atoms with van der Waals surface area (Å²) < 4.78 is 13.0. The van der Waals surface area contributed by atoms with Gasteiger partial charge < -0.3 is 10.2 Å². The van der Waals surface area contributed by atoms with Gasteiger partial charge in [-0.25, -0.2) is 4.39 Å². The minimum Gasteiger partial charge on any atom is -0.309 e. The molecular weight excluding hydrogens is 253 g/mol. The quantitative estimate of drug-likeness (QED) is 0.792. The van der Waals surface area contributed by atoms with Gasteiger partial charge in [0.2, 0.25) is 0 Å². The normalized spacial score (nSPS) is 17.2. The summed E-state index contributed by atoms with van der Waals surface area (Å²) in [5, 5.41) is 3.52. The Bertz CT molecular complexity index is 389. The zero-order chi connectivity index (χ0) is 14.4. The summed E-state index contributed by atoms with van der Waals surface area (Å²) in [4.78, 5) is 6.68. The molecule has 4 heteroatoms. The highest BCUT2D eigenvalue weighted by molar-refractivity contribution is 5.10. The first-order valence-corrected chi connectivity index (χ1v) is 7.75. The zero-order valence-electron chi connectivity index (χ0n) is 12.6. The lowest BCUT2D eigenvalue weighted by atomic mass is 9.91. The van der Waals surface area contributed by atoms with Gasteiger partial charge in [-0.3, -0.25) is 4.98 Å². The molecule has 1 aromatic rings. The van der Waals surface area contributed by atoms with Crippen LogP contribution >= 0.6 is 0 Å². The van der Waals surface area contributed by atoms with E-state index in [1.807, 2.05) is 0 Å². The van der Waals surface area contributed by atoms with Crippen LogP contribution in [0.5, 0.6) is 0 Å². The number of nitrogens with zero attached hydrogens (tertiary/aromatic N) is 2. The molecule has 0 amide bonds. The topological polar surface area (TPSA) is 28.2 Å². The van der Waals surface area contributed by atoms with Crippen molar-refractivity contribution in [2.45, 2.75) is 51.1 Å². The molecule has 1 atom stereocenters. The van der Waals surface area contributed by atoms with E-state index in [4.69, 9.17) is 0 Å².